The van der Waals surface area contributed by atoms with Gasteiger partial charge in [-0.15, -0.1) is 11.6 Å². The molecule has 0 saturated carbocycles. The first-order valence-electron chi connectivity index (χ1n) is 6.11. The van der Waals surface area contributed by atoms with E-state index in [2.05, 4.69) is 15.9 Å². The van der Waals surface area contributed by atoms with Crippen molar-refractivity contribution in [3.63, 3.8) is 0 Å². The summed E-state index contributed by atoms with van der Waals surface area (Å²) < 4.78 is 8.23. The Morgan fingerprint density at radius 2 is 2.05 bits per heavy atom. The van der Waals surface area contributed by atoms with Crippen LogP contribution in [-0.2, 0) is 0 Å². The molecule has 0 aliphatic carbocycles. The predicted molar refractivity (Wildman–Crippen MR) is 84.5 cm³/mol. The molecule has 3 nitrogen and oxygen atoms in total. The number of hydrogen-bond acceptors (Lipinski definition) is 2. The van der Waals surface area contributed by atoms with Crippen LogP contribution in [0.5, 0.6) is 5.75 Å². The van der Waals surface area contributed by atoms with Gasteiger partial charge in [0.25, 0.3) is 0 Å². The van der Waals surface area contributed by atoms with Crippen molar-refractivity contribution < 1.29 is 9.53 Å². The van der Waals surface area contributed by atoms with Gasteiger partial charge < -0.3 is 9.30 Å². The number of carbonyl (C=O) groups is 1. The van der Waals surface area contributed by atoms with Gasteiger partial charge in [-0.1, -0.05) is 0 Å². The normalized spacial score (nSPS) is 10.7. The molecule has 1 aromatic heterocycles. The van der Waals surface area contributed by atoms with Crippen LogP contribution in [0.25, 0.3) is 5.69 Å². The number of rotatable bonds is 4. The van der Waals surface area contributed by atoms with Gasteiger partial charge in [0.05, 0.1) is 17.5 Å². The highest BCUT2D eigenvalue weighted by molar-refractivity contribution is 9.10. The van der Waals surface area contributed by atoms with Gasteiger partial charge in [0.15, 0.2) is 5.78 Å². The van der Waals surface area contributed by atoms with E-state index in [1.165, 1.54) is 0 Å². The number of hydrogen-bond donors (Lipinski definition) is 0. The molecule has 0 radical (unpaired) electrons. The highest BCUT2D eigenvalue weighted by atomic mass is 79.9. The van der Waals surface area contributed by atoms with Gasteiger partial charge in [-0.2, -0.15) is 0 Å². The summed E-state index contributed by atoms with van der Waals surface area (Å²) >= 11 is 9.08. The van der Waals surface area contributed by atoms with Crippen molar-refractivity contribution in [2.45, 2.75) is 13.8 Å². The molecule has 0 spiro atoms. The van der Waals surface area contributed by atoms with E-state index in [9.17, 15) is 4.79 Å². The summed E-state index contributed by atoms with van der Waals surface area (Å²) in [5, 5.41) is 0. The van der Waals surface area contributed by atoms with Crippen LogP contribution in [0.3, 0.4) is 0 Å². The molecule has 0 saturated heterocycles. The molecule has 1 heterocycles. The zero-order valence-corrected chi connectivity index (χ0v) is 13.9. The topological polar surface area (TPSA) is 31.2 Å². The number of nitrogens with zero attached hydrogens (tertiary/aromatic N) is 1. The fourth-order valence-corrected chi connectivity index (χ4v) is 2.85. The predicted octanol–water partition coefficient (Wildman–Crippen LogP) is 4.29. The van der Waals surface area contributed by atoms with E-state index in [0.717, 1.165) is 27.3 Å². The van der Waals surface area contributed by atoms with Crippen LogP contribution in [0, 0.1) is 13.8 Å². The Hall–Kier alpha value is -1.26. The number of alkyl halides is 1. The largest absolute Gasteiger partial charge is 0.495 e. The van der Waals surface area contributed by atoms with Gasteiger partial charge >= 0.3 is 0 Å². The second-order valence-electron chi connectivity index (χ2n) is 4.50. The minimum Gasteiger partial charge on any atom is -0.495 e. The number of ketones is 1. The highest BCUT2D eigenvalue weighted by Gasteiger charge is 2.16. The Morgan fingerprint density at radius 3 is 2.65 bits per heavy atom. The molecule has 0 aliphatic rings. The zero-order valence-electron chi connectivity index (χ0n) is 11.5. The fourth-order valence-electron chi connectivity index (χ4n) is 2.30. The number of ether oxygens (including phenoxy) is 1. The molecule has 0 unspecified atom stereocenters. The Morgan fingerprint density at radius 1 is 1.35 bits per heavy atom. The second-order valence-corrected chi connectivity index (χ2v) is 5.62. The summed E-state index contributed by atoms with van der Waals surface area (Å²) in [5.74, 6) is 0.684. The van der Waals surface area contributed by atoms with Gasteiger partial charge in [-0.05, 0) is 48.0 Å². The molecule has 0 amide bonds. The summed E-state index contributed by atoms with van der Waals surface area (Å²) in [6.07, 6.45) is 0. The van der Waals surface area contributed by atoms with E-state index in [1.807, 2.05) is 42.7 Å². The highest BCUT2D eigenvalue weighted by Crippen LogP contribution is 2.29. The maximum Gasteiger partial charge on any atom is 0.179 e. The molecule has 20 heavy (non-hydrogen) atoms. The van der Waals surface area contributed by atoms with Gasteiger partial charge in [-0.25, -0.2) is 0 Å². The van der Waals surface area contributed by atoms with Gasteiger partial charge in [-0.3, -0.25) is 4.79 Å². The first kappa shape index (κ1) is 15.1. The van der Waals surface area contributed by atoms with Crippen LogP contribution in [0.2, 0.25) is 0 Å². The zero-order chi connectivity index (χ0) is 14.9. The third kappa shape index (κ3) is 2.63. The van der Waals surface area contributed by atoms with Crippen LogP contribution in [0.4, 0.5) is 0 Å². The summed E-state index contributed by atoms with van der Waals surface area (Å²) in [7, 11) is 1.63. The van der Waals surface area contributed by atoms with Crippen LogP contribution < -0.4 is 4.74 Å². The van der Waals surface area contributed by atoms with Crippen LogP contribution in [-0.4, -0.2) is 23.3 Å². The van der Waals surface area contributed by atoms with Crippen LogP contribution in [0.1, 0.15) is 21.7 Å². The van der Waals surface area contributed by atoms with Crippen molar-refractivity contribution in [1.29, 1.82) is 0 Å². The summed E-state index contributed by atoms with van der Waals surface area (Å²) in [6, 6.07) is 7.70. The summed E-state index contributed by atoms with van der Waals surface area (Å²) in [5.41, 5.74) is 3.49. The molecule has 106 valence electrons. The number of aryl methyl sites for hydroxylation is 1. The van der Waals surface area contributed by atoms with E-state index in [-0.39, 0.29) is 11.7 Å². The summed E-state index contributed by atoms with van der Waals surface area (Å²) in [6.45, 7) is 3.88. The Balaban J connectivity index is 2.58. The molecule has 0 bridgehead atoms. The van der Waals surface area contributed by atoms with Crippen molar-refractivity contribution in [2.75, 3.05) is 13.0 Å². The van der Waals surface area contributed by atoms with Crippen molar-refractivity contribution in [2.24, 2.45) is 0 Å². The third-order valence-electron chi connectivity index (χ3n) is 3.25. The smallest absolute Gasteiger partial charge is 0.179 e. The van der Waals surface area contributed by atoms with Crippen LogP contribution >= 0.6 is 27.5 Å². The standard InChI is InChI=1S/C15H15BrClNO2/c1-9-6-12(14(19)8-17)10(2)18(9)11-4-5-13(16)15(7-11)20-3/h4-7H,8H2,1-3H3. The molecular formula is C15H15BrClNO2. The average Bonchev–Trinajstić information content (AvgIpc) is 2.74. The monoisotopic (exact) mass is 355 g/mol. The van der Waals surface area contributed by atoms with Gasteiger partial charge in [0, 0.05) is 28.7 Å². The van der Waals surface area contributed by atoms with Crippen molar-refractivity contribution in [3.8, 4) is 11.4 Å². The lowest BCUT2D eigenvalue weighted by Crippen LogP contribution is -2.04. The molecule has 1 aromatic carbocycles. The molecule has 0 fully saturated rings. The molecule has 0 aliphatic heterocycles. The first-order valence-corrected chi connectivity index (χ1v) is 7.44. The number of aromatic nitrogens is 1. The summed E-state index contributed by atoms with van der Waals surface area (Å²) in [4.78, 5) is 11.8. The lowest BCUT2D eigenvalue weighted by Gasteiger charge is -2.12. The fraction of sp³-hybridized carbons (Fsp3) is 0.267. The van der Waals surface area contributed by atoms with Gasteiger partial charge in [0.2, 0.25) is 0 Å². The molecule has 2 rings (SSSR count). The average molecular weight is 357 g/mol. The van der Waals surface area contributed by atoms with Crippen molar-refractivity contribution in [3.05, 3.63) is 45.7 Å². The Bertz CT molecular complexity index is 664. The molecular weight excluding hydrogens is 342 g/mol. The number of benzene rings is 1. The minimum atomic E-state index is -0.0601. The lowest BCUT2D eigenvalue weighted by atomic mass is 10.2. The van der Waals surface area contributed by atoms with Gasteiger partial charge in [0.1, 0.15) is 5.75 Å². The Kier molecular flexibility index (Phi) is 4.55. The quantitative estimate of drug-likeness (QED) is 0.604. The minimum absolute atomic E-state index is 0.00600. The number of Topliss-reactive ketones (excluding diaryl/α,β-unsaturated/α-hetero) is 1. The van der Waals surface area contributed by atoms with Crippen molar-refractivity contribution >= 4 is 33.3 Å². The van der Waals surface area contributed by atoms with Crippen LogP contribution in [0.15, 0.2) is 28.7 Å². The Labute approximate surface area is 131 Å². The molecule has 5 heteroatoms. The lowest BCUT2D eigenvalue weighted by molar-refractivity contribution is 0.102. The number of methoxy groups -OCH3 is 1. The molecule has 0 atom stereocenters. The van der Waals surface area contributed by atoms with E-state index in [0.29, 0.717) is 5.56 Å². The van der Waals surface area contributed by atoms with E-state index in [1.54, 1.807) is 7.11 Å². The maximum atomic E-state index is 11.8. The maximum absolute atomic E-state index is 11.8. The molecule has 2 aromatic rings. The van der Waals surface area contributed by atoms with Crippen molar-refractivity contribution in [1.82, 2.24) is 4.57 Å². The van der Waals surface area contributed by atoms with E-state index >= 15 is 0 Å². The molecule has 0 N–H and O–H groups in total. The third-order valence-corrected chi connectivity index (χ3v) is 4.14. The van der Waals surface area contributed by atoms with E-state index in [4.69, 9.17) is 16.3 Å². The van der Waals surface area contributed by atoms with E-state index < -0.39 is 0 Å². The number of halogens is 2. The first-order chi connectivity index (χ1) is 9.49. The second kappa shape index (κ2) is 6.02. The number of carbonyl (C=O) groups excluding carboxylic acids is 1. The SMILES string of the molecule is COc1cc(-n2c(C)cc(C(=O)CCl)c2C)ccc1Br.